The predicted octanol–water partition coefficient (Wildman–Crippen LogP) is 7.06. The molecule has 194 valence electrons. The van der Waals surface area contributed by atoms with Crippen molar-refractivity contribution in [3.8, 4) is 17.2 Å². The van der Waals surface area contributed by atoms with Crippen LogP contribution in [-0.4, -0.2) is 29.6 Å². The molecule has 37 heavy (non-hydrogen) atoms. The molecule has 1 aliphatic heterocycles. The summed E-state index contributed by atoms with van der Waals surface area (Å²) in [7, 11) is 0. The van der Waals surface area contributed by atoms with Gasteiger partial charge in [0.25, 0.3) is 5.91 Å². The second kappa shape index (κ2) is 12.6. The lowest BCUT2D eigenvalue weighted by Crippen LogP contribution is -2.38. The number of benzene rings is 2. The lowest BCUT2D eigenvalue weighted by molar-refractivity contribution is -0.139. The van der Waals surface area contributed by atoms with Gasteiger partial charge < -0.3 is 19.9 Å². The van der Waals surface area contributed by atoms with Crippen LogP contribution in [0.2, 0.25) is 5.02 Å². The fourth-order valence-electron chi connectivity index (χ4n) is 4.79. The van der Waals surface area contributed by atoms with Crippen LogP contribution in [0, 0.1) is 5.92 Å². The first-order valence-electron chi connectivity index (χ1n) is 12.7. The van der Waals surface area contributed by atoms with Crippen LogP contribution in [0.3, 0.4) is 0 Å². The number of nitrogens with one attached hydrogen (secondary N) is 1. The molecule has 0 spiro atoms. The third-order valence-corrected chi connectivity index (χ3v) is 7.00. The van der Waals surface area contributed by atoms with Gasteiger partial charge >= 0.3 is 5.97 Å². The number of halogens is 1. The van der Waals surface area contributed by atoms with Gasteiger partial charge in [0.05, 0.1) is 17.5 Å². The number of hydrogen-bond donors (Lipinski definition) is 2. The van der Waals surface area contributed by atoms with Crippen LogP contribution in [0.1, 0.15) is 60.9 Å². The van der Waals surface area contributed by atoms with Crippen molar-refractivity contribution in [2.45, 2.75) is 51.0 Å². The number of rotatable bonds is 8. The number of allylic oxidation sites excluding steroid dienone is 6. The maximum absolute atomic E-state index is 12.8. The van der Waals surface area contributed by atoms with E-state index in [1.54, 1.807) is 36.4 Å². The Hall–Kier alpha value is -3.51. The van der Waals surface area contributed by atoms with Crippen molar-refractivity contribution in [1.82, 2.24) is 5.32 Å². The fraction of sp³-hybridized carbons (Fsp3) is 0.333. The van der Waals surface area contributed by atoms with Gasteiger partial charge in [-0.2, -0.15) is 0 Å². The highest BCUT2D eigenvalue weighted by molar-refractivity contribution is 6.32. The van der Waals surface area contributed by atoms with E-state index >= 15 is 0 Å². The smallest absolute Gasteiger partial charge is 0.311 e. The van der Waals surface area contributed by atoms with Crippen molar-refractivity contribution in [2.75, 3.05) is 6.61 Å². The number of ether oxygens (including phenoxy) is 2. The molecule has 2 N–H and O–H groups in total. The van der Waals surface area contributed by atoms with Gasteiger partial charge in [0.2, 0.25) is 0 Å². The molecule has 7 heteroatoms. The molecule has 0 saturated heterocycles. The average molecular weight is 522 g/mol. The van der Waals surface area contributed by atoms with Crippen molar-refractivity contribution in [3.05, 3.63) is 89.0 Å². The molecule has 3 atom stereocenters. The molecule has 2 aromatic rings. The number of carboxylic acids is 1. The second-order valence-electron chi connectivity index (χ2n) is 9.37. The van der Waals surface area contributed by atoms with Crippen molar-refractivity contribution in [2.24, 2.45) is 5.92 Å². The summed E-state index contributed by atoms with van der Waals surface area (Å²) in [4.78, 5) is 24.4. The number of carbonyl (C=O) groups is 2. The van der Waals surface area contributed by atoms with E-state index in [4.69, 9.17) is 21.1 Å². The highest BCUT2D eigenvalue weighted by atomic mass is 35.5. The fourth-order valence-corrected chi connectivity index (χ4v) is 5.00. The minimum Gasteiger partial charge on any atom is -0.493 e. The lowest BCUT2D eigenvalue weighted by atomic mass is 9.85. The second-order valence-corrected chi connectivity index (χ2v) is 9.77. The Morgan fingerprint density at radius 1 is 1.08 bits per heavy atom. The predicted molar refractivity (Wildman–Crippen MR) is 145 cm³/mol. The quantitative estimate of drug-likeness (QED) is 0.363. The maximum Gasteiger partial charge on any atom is 0.311 e. The van der Waals surface area contributed by atoms with E-state index in [1.807, 2.05) is 31.2 Å². The van der Waals surface area contributed by atoms with Crippen LogP contribution in [-0.2, 0) is 4.79 Å². The number of hydrogen-bond acceptors (Lipinski definition) is 4. The van der Waals surface area contributed by atoms with Crippen LogP contribution < -0.4 is 14.8 Å². The van der Waals surface area contributed by atoms with Crippen LogP contribution in [0.5, 0.6) is 17.2 Å². The van der Waals surface area contributed by atoms with Gasteiger partial charge in [-0.15, -0.1) is 0 Å². The Morgan fingerprint density at radius 2 is 1.86 bits per heavy atom. The molecule has 6 nitrogen and oxygen atoms in total. The highest BCUT2D eigenvalue weighted by Gasteiger charge is 2.29. The number of carboxylic acid groups (broad SMARTS) is 1. The molecule has 2 aromatic carbocycles. The third-order valence-electron chi connectivity index (χ3n) is 6.71. The highest BCUT2D eigenvalue weighted by Crippen LogP contribution is 2.41. The van der Waals surface area contributed by atoms with Crippen LogP contribution in [0.4, 0.5) is 0 Å². The van der Waals surface area contributed by atoms with Crippen molar-refractivity contribution in [1.29, 1.82) is 0 Å². The Kier molecular flexibility index (Phi) is 9.07. The Morgan fingerprint density at radius 3 is 2.62 bits per heavy atom. The normalized spacial score (nSPS) is 21.6. The molecule has 4 rings (SSSR count). The molecule has 1 amide bonds. The van der Waals surface area contributed by atoms with Gasteiger partial charge in [-0.3, -0.25) is 9.59 Å². The van der Waals surface area contributed by atoms with E-state index in [1.165, 1.54) is 0 Å². The zero-order valence-electron chi connectivity index (χ0n) is 20.9. The summed E-state index contributed by atoms with van der Waals surface area (Å²) in [5, 5.41) is 12.9. The standard InChI is InChI=1S/C30H32ClNO5/c1-2-3-4-5-6-8-20-9-7-10-22(17-20)32-29(33)21-11-13-23(14-12-21)37-28-19-27-25(18-26(28)31)24(30(34)35)15-16-36-27/h2-6,8,11-14,18-20,22,24H,7,9-10,15-17H2,1H3,(H,32,33)(H,34,35)/b3-2-,5-4-,8-6+. The van der Waals surface area contributed by atoms with E-state index in [0.717, 1.165) is 25.7 Å². The SMILES string of the molecule is C\C=C/C=C\C=C\C1CCCC(NC(=O)c2ccc(Oc3cc4c(cc3Cl)C(C(=O)O)CCO4)cc2)C1. The summed E-state index contributed by atoms with van der Waals surface area (Å²) >= 11 is 6.39. The van der Waals surface area contributed by atoms with E-state index in [0.29, 0.717) is 52.3 Å². The number of amides is 1. The summed E-state index contributed by atoms with van der Waals surface area (Å²) < 4.78 is 11.6. The Bertz CT molecular complexity index is 1200. The van der Waals surface area contributed by atoms with Crippen molar-refractivity contribution in [3.63, 3.8) is 0 Å². The van der Waals surface area contributed by atoms with Gasteiger partial charge in [0, 0.05) is 23.2 Å². The van der Waals surface area contributed by atoms with E-state index < -0.39 is 11.9 Å². The van der Waals surface area contributed by atoms with E-state index in [9.17, 15) is 14.7 Å². The zero-order valence-corrected chi connectivity index (χ0v) is 21.6. The molecule has 1 heterocycles. The topological polar surface area (TPSA) is 84.9 Å². The van der Waals surface area contributed by atoms with Crippen LogP contribution in [0.25, 0.3) is 0 Å². The molecule has 0 aromatic heterocycles. The minimum atomic E-state index is -0.902. The van der Waals surface area contributed by atoms with E-state index in [-0.39, 0.29) is 11.9 Å². The molecule has 1 fully saturated rings. The van der Waals surface area contributed by atoms with Crippen LogP contribution >= 0.6 is 11.6 Å². The van der Waals surface area contributed by atoms with Crippen LogP contribution in [0.15, 0.2) is 72.9 Å². The lowest BCUT2D eigenvalue weighted by Gasteiger charge is -2.28. The first-order valence-corrected chi connectivity index (χ1v) is 13.1. The summed E-state index contributed by atoms with van der Waals surface area (Å²) in [6.45, 7) is 2.31. The van der Waals surface area contributed by atoms with Gasteiger partial charge in [0.15, 0.2) is 0 Å². The molecule has 3 unspecified atom stereocenters. The maximum atomic E-state index is 12.8. The minimum absolute atomic E-state index is 0.103. The summed E-state index contributed by atoms with van der Waals surface area (Å²) in [6.07, 6.45) is 16.9. The molecular weight excluding hydrogens is 490 g/mol. The molecule has 1 aliphatic carbocycles. The number of aliphatic carboxylic acids is 1. The summed E-state index contributed by atoms with van der Waals surface area (Å²) in [5.74, 6) is 0.145. The molecular formula is C30H32ClNO5. The first-order chi connectivity index (χ1) is 17.9. The van der Waals surface area contributed by atoms with Gasteiger partial charge in [-0.05, 0) is 68.9 Å². The molecule has 0 radical (unpaired) electrons. The monoisotopic (exact) mass is 521 g/mol. The van der Waals surface area contributed by atoms with Gasteiger partial charge in [-0.25, -0.2) is 0 Å². The number of fused-ring (bicyclic) bond motifs is 1. The van der Waals surface area contributed by atoms with Gasteiger partial charge in [0.1, 0.15) is 17.2 Å². The molecule has 0 bridgehead atoms. The average Bonchev–Trinajstić information content (AvgIpc) is 2.89. The van der Waals surface area contributed by atoms with Crippen molar-refractivity contribution >= 4 is 23.5 Å². The molecule has 1 saturated carbocycles. The summed E-state index contributed by atoms with van der Waals surface area (Å²) in [5.41, 5.74) is 1.11. The zero-order chi connectivity index (χ0) is 26.2. The Balaban J connectivity index is 1.35. The van der Waals surface area contributed by atoms with E-state index in [2.05, 4.69) is 17.5 Å². The molecule has 2 aliphatic rings. The Labute approximate surface area is 222 Å². The number of carbonyl (C=O) groups excluding carboxylic acids is 1. The largest absolute Gasteiger partial charge is 0.493 e. The van der Waals surface area contributed by atoms with Crippen molar-refractivity contribution < 1.29 is 24.2 Å². The third kappa shape index (κ3) is 7.04. The first kappa shape index (κ1) is 26.6. The summed E-state index contributed by atoms with van der Waals surface area (Å²) in [6, 6.07) is 10.2. The van der Waals surface area contributed by atoms with Gasteiger partial charge in [-0.1, -0.05) is 54.5 Å².